The van der Waals surface area contributed by atoms with Gasteiger partial charge in [0.25, 0.3) is 5.91 Å². The Bertz CT molecular complexity index is 849. The zero-order chi connectivity index (χ0) is 17.1. The summed E-state index contributed by atoms with van der Waals surface area (Å²) in [5.41, 5.74) is 0.816. The van der Waals surface area contributed by atoms with Gasteiger partial charge in [-0.25, -0.2) is 4.98 Å². The number of halogens is 2. The van der Waals surface area contributed by atoms with E-state index in [-0.39, 0.29) is 5.91 Å². The van der Waals surface area contributed by atoms with Crippen molar-refractivity contribution in [3.63, 3.8) is 0 Å². The summed E-state index contributed by atoms with van der Waals surface area (Å²) >= 11 is 9.14. The number of anilines is 1. The van der Waals surface area contributed by atoms with E-state index in [0.29, 0.717) is 16.7 Å². The van der Waals surface area contributed by atoms with E-state index in [4.69, 9.17) is 11.6 Å². The van der Waals surface area contributed by atoms with Crippen LogP contribution in [0.15, 0.2) is 47.1 Å². The molecule has 1 unspecified atom stereocenters. The minimum Gasteiger partial charge on any atom is -0.309 e. The highest BCUT2D eigenvalue weighted by Crippen LogP contribution is 2.18. The summed E-state index contributed by atoms with van der Waals surface area (Å²) in [6, 6.07) is 10.1. The van der Waals surface area contributed by atoms with Crippen molar-refractivity contribution in [3.05, 3.63) is 52.1 Å². The Kier molecular flexibility index (Phi) is 4.86. The highest BCUT2D eigenvalue weighted by atomic mass is 79.9. The van der Waals surface area contributed by atoms with Gasteiger partial charge in [-0.05, 0) is 48.5 Å². The third kappa shape index (κ3) is 3.77. The molecular weight excluding hydrogens is 396 g/mol. The lowest BCUT2D eigenvalue weighted by Crippen LogP contribution is -2.25. The van der Waals surface area contributed by atoms with Gasteiger partial charge in [-0.2, -0.15) is 4.80 Å². The molecule has 2 heterocycles. The summed E-state index contributed by atoms with van der Waals surface area (Å²) in [6.07, 6.45) is 1.46. The normalized spacial score (nSPS) is 12.0. The van der Waals surface area contributed by atoms with Crippen molar-refractivity contribution >= 4 is 39.3 Å². The third-order valence-electron chi connectivity index (χ3n) is 3.24. The Morgan fingerprint density at radius 1 is 1.25 bits per heavy atom. The molecule has 122 valence electrons. The van der Waals surface area contributed by atoms with Crippen LogP contribution in [0.5, 0.6) is 0 Å². The number of carbonyl (C=O) groups is 1. The molecule has 2 aromatic heterocycles. The van der Waals surface area contributed by atoms with Gasteiger partial charge >= 0.3 is 0 Å². The second-order valence-corrected chi connectivity index (χ2v) is 6.32. The number of nitrogens with one attached hydrogen (secondary N) is 1. The fourth-order valence-corrected chi connectivity index (χ4v) is 2.27. The van der Waals surface area contributed by atoms with Gasteiger partial charge < -0.3 is 5.32 Å². The van der Waals surface area contributed by atoms with Gasteiger partial charge in [-0.3, -0.25) is 4.79 Å². The molecule has 0 aliphatic heterocycles. The van der Waals surface area contributed by atoms with Gasteiger partial charge in [-0.15, -0.1) is 10.2 Å². The zero-order valence-electron chi connectivity index (χ0n) is 12.5. The minimum absolute atomic E-state index is 0.301. The molecule has 24 heavy (non-hydrogen) atoms. The Balaban J connectivity index is 1.73. The molecule has 9 heteroatoms. The summed E-state index contributed by atoms with van der Waals surface area (Å²) in [7, 11) is 0. The molecule has 1 aromatic carbocycles. The number of tetrazole rings is 1. The maximum Gasteiger partial charge on any atom is 0.252 e. The van der Waals surface area contributed by atoms with Crippen LogP contribution in [-0.2, 0) is 4.79 Å². The molecule has 0 saturated carbocycles. The van der Waals surface area contributed by atoms with E-state index < -0.39 is 6.04 Å². The van der Waals surface area contributed by atoms with Crippen LogP contribution in [0.4, 0.5) is 5.82 Å². The number of nitrogens with zero attached hydrogens (tertiary/aromatic N) is 5. The van der Waals surface area contributed by atoms with Crippen LogP contribution < -0.4 is 5.32 Å². The Morgan fingerprint density at radius 3 is 2.67 bits per heavy atom. The fourth-order valence-electron chi connectivity index (χ4n) is 1.89. The SMILES string of the molecule is CC(C(=O)Nc1ccc(Cl)cn1)n1nnc(-c2ccc(Br)cc2)n1. The molecule has 0 bridgehead atoms. The van der Waals surface area contributed by atoms with E-state index >= 15 is 0 Å². The van der Waals surface area contributed by atoms with Gasteiger partial charge in [0.2, 0.25) is 5.82 Å². The predicted octanol–water partition coefficient (Wildman–Crippen LogP) is 3.35. The standard InChI is InChI=1S/C15H12BrClN6O/c1-9(15(24)19-13-7-6-12(17)8-18-13)23-21-14(20-22-23)10-2-4-11(16)5-3-10/h2-9H,1H3,(H,18,19,24). The lowest BCUT2D eigenvalue weighted by molar-refractivity contribution is -0.119. The second kappa shape index (κ2) is 7.06. The number of hydrogen-bond acceptors (Lipinski definition) is 5. The maximum atomic E-state index is 12.3. The summed E-state index contributed by atoms with van der Waals surface area (Å²) in [5.74, 6) is 0.556. The lowest BCUT2D eigenvalue weighted by atomic mass is 10.2. The van der Waals surface area contributed by atoms with Crippen molar-refractivity contribution in [2.75, 3.05) is 5.32 Å². The molecule has 3 rings (SSSR count). The molecule has 0 spiro atoms. The number of amides is 1. The topological polar surface area (TPSA) is 85.6 Å². The number of rotatable bonds is 4. The van der Waals surface area contributed by atoms with E-state index in [1.54, 1.807) is 19.1 Å². The molecule has 0 radical (unpaired) electrons. The first-order valence-corrected chi connectivity index (χ1v) is 8.18. The van der Waals surface area contributed by atoms with Gasteiger partial charge in [-0.1, -0.05) is 27.5 Å². The predicted molar refractivity (Wildman–Crippen MR) is 93.5 cm³/mol. The molecule has 0 aliphatic carbocycles. The summed E-state index contributed by atoms with van der Waals surface area (Å²) in [5, 5.41) is 15.4. The Morgan fingerprint density at radius 2 is 2.00 bits per heavy atom. The first-order chi connectivity index (χ1) is 11.5. The molecule has 1 amide bonds. The van der Waals surface area contributed by atoms with Crippen LogP contribution in [-0.4, -0.2) is 31.1 Å². The molecule has 0 fully saturated rings. The van der Waals surface area contributed by atoms with Crippen LogP contribution in [0.25, 0.3) is 11.4 Å². The van der Waals surface area contributed by atoms with Crippen LogP contribution in [0.1, 0.15) is 13.0 Å². The van der Waals surface area contributed by atoms with Crippen molar-refractivity contribution in [2.24, 2.45) is 0 Å². The first-order valence-electron chi connectivity index (χ1n) is 7.01. The van der Waals surface area contributed by atoms with Crippen molar-refractivity contribution in [1.82, 2.24) is 25.2 Å². The molecule has 1 N–H and O–H groups in total. The molecule has 0 saturated heterocycles. The van der Waals surface area contributed by atoms with Gasteiger partial charge in [0.15, 0.2) is 0 Å². The average Bonchev–Trinajstić information content (AvgIpc) is 3.07. The second-order valence-electron chi connectivity index (χ2n) is 4.97. The van der Waals surface area contributed by atoms with Gasteiger partial charge in [0.1, 0.15) is 11.9 Å². The monoisotopic (exact) mass is 406 g/mol. The quantitative estimate of drug-likeness (QED) is 0.717. The Hall–Kier alpha value is -2.32. The average molecular weight is 408 g/mol. The van der Waals surface area contributed by atoms with E-state index in [1.807, 2.05) is 24.3 Å². The summed E-state index contributed by atoms with van der Waals surface area (Å²) < 4.78 is 0.960. The van der Waals surface area contributed by atoms with Crippen molar-refractivity contribution in [2.45, 2.75) is 13.0 Å². The highest BCUT2D eigenvalue weighted by Gasteiger charge is 2.19. The van der Waals surface area contributed by atoms with E-state index in [0.717, 1.165) is 10.0 Å². The summed E-state index contributed by atoms with van der Waals surface area (Å²) in [6.45, 7) is 1.68. The smallest absolute Gasteiger partial charge is 0.252 e. The van der Waals surface area contributed by atoms with E-state index in [2.05, 4.69) is 41.6 Å². The molecule has 0 aliphatic rings. The number of benzene rings is 1. The molecule has 3 aromatic rings. The van der Waals surface area contributed by atoms with Gasteiger partial charge in [0, 0.05) is 16.2 Å². The van der Waals surface area contributed by atoms with Crippen molar-refractivity contribution in [3.8, 4) is 11.4 Å². The molecule has 7 nitrogen and oxygen atoms in total. The van der Waals surface area contributed by atoms with Crippen LogP contribution in [0.3, 0.4) is 0 Å². The van der Waals surface area contributed by atoms with E-state index in [1.165, 1.54) is 11.0 Å². The minimum atomic E-state index is -0.640. The van der Waals surface area contributed by atoms with Crippen LogP contribution in [0.2, 0.25) is 5.02 Å². The van der Waals surface area contributed by atoms with Crippen LogP contribution in [0, 0.1) is 0 Å². The van der Waals surface area contributed by atoms with Gasteiger partial charge in [0.05, 0.1) is 5.02 Å². The van der Waals surface area contributed by atoms with Crippen LogP contribution >= 0.6 is 27.5 Å². The highest BCUT2D eigenvalue weighted by molar-refractivity contribution is 9.10. The largest absolute Gasteiger partial charge is 0.309 e. The number of aromatic nitrogens is 5. The fraction of sp³-hybridized carbons (Fsp3) is 0.133. The molecule has 1 atom stereocenters. The molecular formula is C15H12BrClN6O. The lowest BCUT2D eigenvalue weighted by Gasteiger charge is -2.10. The number of carbonyl (C=O) groups excluding carboxylic acids is 1. The van der Waals surface area contributed by atoms with E-state index in [9.17, 15) is 4.79 Å². The van der Waals surface area contributed by atoms with Crippen molar-refractivity contribution in [1.29, 1.82) is 0 Å². The number of pyridine rings is 1. The number of hydrogen-bond donors (Lipinski definition) is 1. The third-order valence-corrected chi connectivity index (χ3v) is 3.99. The Labute approximate surface area is 151 Å². The maximum absolute atomic E-state index is 12.3. The first kappa shape index (κ1) is 16.5. The zero-order valence-corrected chi connectivity index (χ0v) is 14.9. The van der Waals surface area contributed by atoms with Crippen molar-refractivity contribution < 1.29 is 4.79 Å². The summed E-state index contributed by atoms with van der Waals surface area (Å²) in [4.78, 5) is 17.6.